The van der Waals surface area contributed by atoms with E-state index in [0.717, 1.165) is 35.4 Å². The highest BCUT2D eigenvalue weighted by molar-refractivity contribution is 5.95. The lowest BCUT2D eigenvalue weighted by Gasteiger charge is -2.27. The molecule has 0 radical (unpaired) electrons. The average molecular weight is 335 g/mol. The first-order chi connectivity index (χ1) is 12.3. The molecule has 0 atom stereocenters. The van der Waals surface area contributed by atoms with Gasteiger partial charge in [-0.3, -0.25) is 4.79 Å². The van der Waals surface area contributed by atoms with Crippen molar-refractivity contribution in [3.8, 4) is 0 Å². The normalized spacial score (nSPS) is 14.6. The van der Waals surface area contributed by atoms with E-state index in [0.29, 0.717) is 12.2 Å². The standard InChI is InChI=1S/C19H21N5O/c25-19(10-14-12-20-16-7-3-2-6-15(14)16)23-17-11-18(22-13-21-17)24-8-4-1-5-9-24/h2-3,6-7,11-13,20H,1,4-5,8-10H2,(H,21,22,23,25). The fourth-order valence-corrected chi connectivity index (χ4v) is 3.35. The van der Waals surface area contributed by atoms with E-state index in [4.69, 9.17) is 0 Å². The minimum absolute atomic E-state index is 0.0759. The summed E-state index contributed by atoms with van der Waals surface area (Å²) in [5.41, 5.74) is 2.03. The van der Waals surface area contributed by atoms with Crippen LogP contribution in [0.4, 0.5) is 11.6 Å². The zero-order chi connectivity index (χ0) is 17.1. The number of para-hydroxylation sites is 1. The van der Waals surface area contributed by atoms with Crippen LogP contribution >= 0.6 is 0 Å². The number of piperidine rings is 1. The maximum Gasteiger partial charge on any atom is 0.230 e. The summed E-state index contributed by atoms with van der Waals surface area (Å²) in [7, 11) is 0. The molecule has 2 aromatic heterocycles. The molecule has 3 heterocycles. The van der Waals surface area contributed by atoms with Crippen molar-refractivity contribution >= 4 is 28.4 Å². The van der Waals surface area contributed by atoms with Gasteiger partial charge in [0.05, 0.1) is 6.42 Å². The fraction of sp³-hybridized carbons (Fsp3) is 0.316. The first kappa shape index (κ1) is 15.6. The fourth-order valence-electron chi connectivity index (χ4n) is 3.35. The number of aromatic amines is 1. The van der Waals surface area contributed by atoms with Crippen molar-refractivity contribution in [2.45, 2.75) is 25.7 Å². The molecule has 0 bridgehead atoms. The number of nitrogens with one attached hydrogen (secondary N) is 2. The summed E-state index contributed by atoms with van der Waals surface area (Å²) in [6, 6.07) is 9.84. The van der Waals surface area contributed by atoms with Crippen LogP contribution in [0.1, 0.15) is 24.8 Å². The molecule has 1 saturated heterocycles. The van der Waals surface area contributed by atoms with E-state index in [1.165, 1.54) is 25.6 Å². The summed E-state index contributed by atoms with van der Waals surface area (Å²) in [6.45, 7) is 2.03. The lowest BCUT2D eigenvalue weighted by Crippen LogP contribution is -2.30. The first-order valence-corrected chi connectivity index (χ1v) is 8.71. The molecule has 25 heavy (non-hydrogen) atoms. The summed E-state index contributed by atoms with van der Waals surface area (Å²) >= 11 is 0. The predicted octanol–water partition coefficient (Wildman–Crippen LogP) is 3.13. The lowest BCUT2D eigenvalue weighted by molar-refractivity contribution is -0.115. The minimum Gasteiger partial charge on any atom is -0.361 e. The van der Waals surface area contributed by atoms with Crippen molar-refractivity contribution in [1.29, 1.82) is 0 Å². The molecule has 0 saturated carbocycles. The Kier molecular flexibility index (Phi) is 4.33. The van der Waals surface area contributed by atoms with Crippen LogP contribution in [0.15, 0.2) is 42.9 Å². The molecule has 6 nitrogen and oxygen atoms in total. The molecule has 2 N–H and O–H groups in total. The highest BCUT2D eigenvalue weighted by Gasteiger charge is 2.14. The highest BCUT2D eigenvalue weighted by atomic mass is 16.1. The zero-order valence-corrected chi connectivity index (χ0v) is 14.0. The number of H-pyrrole nitrogens is 1. The van der Waals surface area contributed by atoms with E-state index in [2.05, 4.69) is 25.2 Å². The van der Waals surface area contributed by atoms with E-state index in [1.54, 1.807) is 0 Å². The number of hydrogen-bond donors (Lipinski definition) is 2. The Labute approximate surface area is 146 Å². The zero-order valence-electron chi connectivity index (χ0n) is 14.0. The van der Waals surface area contributed by atoms with Gasteiger partial charge in [-0.1, -0.05) is 18.2 Å². The first-order valence-electron chi connectivity index (χ1n) is 8.71. The van der Waals surface area contributed by atoms with Gasteiger partial charge in [-0.2, -0.15) is 0 Å². The molecule has 6 heteroatoms. The van der Waals surface area contributed by atoms with Crippen LogP contribution in [0, 0.1) is 0 Å². The highest BCUT2D eigenvalue weighted by Crippen LogP contribution is 2.20. The van der Waals surface area contributed by atoms with Crippen LogP contribution in [0.3, 0.4) is 0 Å². The Hall–Kier alpha value is -2.89. The average Bonchev–Trinajstić information content (AvgIpc) is 3.06. The molecule has 0 spiro atoms. The Balaban J connectivity index is 1.45. The quantitative estimate of drug-likeness (QED) is 0.768. The predicted molar refractivity (Wildman–Crippen MR) is 98.7 cm³/mol. The van der Waals surface area contributed by atoms with Crippen molar-refractivity contribution in [1.82, 2.24) is 15.0 Å². The Morgan fingerprint density at radius 1 is 1.16 bits per heavy atom. The molecular formula is C19H21N5O. The smallest absolute Gasteiger partial charge is 0.230 e. The number of nitrogens with zero attached hydrogens (tertiary/aromatic N) is 3. The number of anilines is 2. The number of carbonyl (C=O) groups excluding carboxylic acids is 1. The molecule has 1 aliphatic rings. The van der Waals surface area contributed by atoms with E-state index < -0.39 is 0 Å². The van der Waals surface area contributed by atoms with Gasteiger partial charge in [-0.15, -0.1) is 0 Å². The van der Waals surface area contributed by atoms with Crippen LogP contribution in [-0.4, -0.2) is 33.9 Å². The molecule has 4 rings (SSSR count). The molecular weight excluding hydrogens is 314 g/mol. The van der Waals surface area contributed by atoms with Crippen molar-refractivity contribution < 1.29 is 4.79 Å². The van der Waals surface area contributed by atoms with Crippen LogP contribution < -0.4 is 10.2 Å². The molecule has 1 amide bonds. The second-order valence-corrected chi connectivity index (χ2v) is 6.39. The monoisotopic (exact) mass is 335 g/mol. The lowest BCUT2D eigenvalue weighted by atomic mass is 10.1. The van der Waals surface area contributed by atoms with Gasteiger partial charge < -0.3 is 15.2 Å². The molecule has 128 valence electrons. The van der Waals surface area contributed by atoms with Crippen molar-refractivity contribution in [2.24, 2.45) is 0 Å². The number of aromatic nitrogens is 3. The third kappa shape index (κ3) is 3.47. The van der Waals surface area contributed by atoms with Crippen molar-refractivity contribution in [3.05, 3.63) is 48.4 Å². The van der Waals surface area contributed by atoms with Gasteiger partial charge in [0, 0.05) is 36.3 Å². The van der Waals surface area contributed by atoms with Crippen LogP contribution in [0.5, 0.6) is 0 Å². The maximum absolute atomic E-state index is 12.4. The Bertz CT molecular complexity index is 882. The Morgan fingerprint density at radius 3 is 2.88 bits per heavy atom. The van der Waals surface area contributed by atoms with Gasteiger partial charge in [-0.25, -0.2) is 9.97 Å². The van der Waals surface area contributed by atoms with Gasteiger partial charge in [0.15, 0.2) is 0 Å². The van der Waals surface area contributed by atoms with Crippen LogP contribution in [-0.2, 0) is 11.2 Å². The van der Waals surface area contributed by atoms with Gasteiger partial charge in [0.2, 0.25) is 5.91 Å². The number of rotatable bonds is 4. The Morgan fingerprint density at radius 2 is 2.00 bits per heavy atom. The van der Waals surface area contributed by atoms with Gasteiger partial charge in [0.1, 0.15) is 18.0 Å². The molecule has 1 fully saturated rings. The summed E-state index contributed by atoms with van der Waals surface area (Å²) in [6.07, 6.45) is 7.37. The van der Waals surface area contributed by atoms with Crippen molar-refractivity contribution in [2.75, 3.05) is 23.3 Å². The summed E-state index contributed by atoms with van der Waals surface area (Å²) in [5, 5.41) is 3.97. The third-order valence-corrected chi connectivity index (χ3v) is 4.63. The van der Waals surface area contributed by atoms with Gasteiger partial charge >= 0.3 is 0 Å². The molecule has 1 aromatic carbocycles. The minimum atomic E-state index is -0.0759. The van der Waals surface area contributed by atoms with E-state index in [9.17, 15) is 4.79 Å². The van der Waals surface area contributed by atoms with E-state index in [1.807, 2.05) is 36.5 Å². The number of amides is 1. The number of benzene rings is 1. The van der Waals surface area contributed by atoms with E-state index >= 15 is 0 Å². The van der Waals surface area contributed by atoms with Gasteiger partial charge in [0.25, 0.3) is 0 Å². The number of carbonyl (C=O) groups is 1. The second kappa shape index (κ2) is 6.93. The third-order valence-electron chi connectivity index (χ3n) is 4.63. The SMILES string of the molecule is O=C(Cc1c[nH]c2ccccc12)Nc1cc(N2CCCCC2)ncn1. The molecule has 3 aromatic rings. The summed E-state index contributed by atoms with van der Waals surface area (Å²) in [5.74, 6) is 1.37. The second-order valence-electron chi connectivity index (χ2n) is 6.39. The number of fused-ring (bicyclic) bond motifs is 1. The van der Waals surface area contributed by atoms with E-state index in [-0.39, 0.29) is 5.91 Å². The summed E-state index contributed by atoms with van der Waals surface area (Å²) in [4.78, 5) is 26.4. The number of hydrogen-bond acceptors (Lipinski definition) is 4. The summed E-state index contributed by atoms with van der Waals surface area (Å²) < 4.78 is 0. The molecule has 0 unspecified atom stereocenters. The topological polar surface area (TPSA) is 73.9 Å². The molecule has 0 aliphatic carbocycles. The maximum atomic E-state index is 12.4. The molecule has 1 aliphatic heterocycles. The van der Waals surface area contributed by atoms with Crippen molar-refractivity contribution in [3.63, 3.8) is 0 Å². The van der Waals surface area contributed by atoms with Crippen LogP contribution in [0.2, 0.25) is 0 Å². The van der Waals surface area contributed by atoms with Crippen LogP contribution in [0.25, 0.3) is 10.9 Å². The largest absolute Gasteiger partial charge is 0.361 e. The van der Waals surface area contributed by atoms with Gasteiger partial charge in [-0.05, 0) is 30.9 Å².